The highest BCUT2D eigenvalue weighted by Crippen LogP contribution is 2.25. The van der Waals surface area contributed by atoms with E-state index < -0.39 is 17.5 Å². The molecule has 178 valence electrons. The molecule has 1 unspecified atom stereocenters. The molecule has 0 radical (unpaired) electrons. The first-order valence-corrected chi connectivity index (χ1v) is 10.8. The Labute approximate surface area is 201 Å². The molecule has 3 aromatic carbocycles. The number of amides is 1. The Morgan fingerprint density at radius 1 is 0.857 bits per heavy atom. The van der Waals surface area contributed by atoms with Gasteiger partial charge in [0.1, 0.15) is 28.4 Å². The SMILES string of the molecule is COc1cc(OC)cc(C(=O)Oc2ccc3cc(C(=O)NC(C)c4ccccc4)c(=O)oc3c2)c1. The van der Waals surface area contributed by atoms with Crippen LogP contribution in [0.1, 0.15) is 39.2 Å². The molecule has 0 aliphatic carbocycles. The van der Waals surface area contributed by atoms with Gasteiger partial charge in [0, 0.05) is 17.5 Å². The van der Waals surface area contributed by atoms with Crippen molar-refractivity contribution in [2.24, 2.45) is 0 Å². The maximum absolute atomic E-state index is 12.7. The quantitative estimate of drug-likeness (QED) is 0.239. The van der Waals surface area contributed by atoms with Crippen LogP contribution in [0.5, 0.6) is 17.2 Å². The van der Waals surface area contributed by atoms with Gasteiger partial charge in [-0.1, -0.05) is 30.3 Å². The second kappa shape index (κ2) is 10.1. The Hall–Kier alpha value is -4.59. The number of fused-ring (bicyclic) bond motifs is 1. The number of hydrogen-bond acceptors (Lipinski definition) is 7. The van der Waals surface area contributed by atoms with E-state index in [1.165, 1.54) is 38.5 Å². The summed E-state index contributed by atoms with van der Waals surface area (Å²) in [5.41, 5.74) is 0.398. The van der Waals surface area contributed by atoms with Crippen LogP contribution in [0.25, 0.3) is 11.0 Å². The van der Waals surface area contributed by atoms with Gasteiger partial charge in [-0.25, -0.2) is 9.59 Å². The average Bonchev–Trinajstić information content (AvgIpc) is 2.88. The van der Waals surface area contributed by atoms with Crippen molar-refractivity contribution < 1.29 is 28.2 Å². The predicted octanol–water partition coefficient (Wildman–Crippen LogP) is 4.52. The molecule has 8 nitrogen and oxygen atoms in total. The minimum absolute atomic E-state index is 0.117. The lowest BCUT2D eigenvalue weighted by Gasteiger charge is -2.14. The molecule has 1 atom stereocenters. The van der Waals surface area contributed by atoms with E-state index in [0.717, 1.165) is 5.56 Å². The van der Waals surface area contributed by atoms with Crippen molar-refractivity contribution in [1.82, 2.24) is 5.32 Å². The van der Waals surface area contributed by atoms with Crippen LogP contribution in [0.15, 0.2) is 82.0 Å². The first-order valence-electron chi connectivity index (χ1n) is 10.8. The fraction of sp³-hybridized carbons (Fsp3) is 0.148. The maximum Gasteiger partial charge on any atom is 0.349 e. The lowest BCUT2D eigenvalue weighted by atomic mass is 10.1. The fourth-order valence-electron chi connectivity index (χ4n) is 3.50. The number of esters is 1. The number of rotatable bonds is 7. The number of nitrogens with one attached hydrogen (secondary N) is 1. The minimum Gasteiger partial charge on any atom is -0.497 e. The second-order valence-corrected chi connectivity index (χ2v) is 7.74. The van der Waals surface area contributed by atoms with Crippen LogP contribution in [0.2, 0.25) is 0 Å². The Kier molecular flexibility index (Phi) is 6.82. The summed E-state index contributed by atoms with van der Waals surface area (Å²) in [5, 5.41) is 3.31. The molecule has 0 saturated heterocycles. The summed E-state index contributed by atoms with van der Waals surface area (Å²) >= 11 is 0. The third-order valence-corrected chi connectivity index (χ3v) is 5.40. The Balaban J connectivity index is 1.54. The number of methoxy groups -OCH3 is 2. The second-order valence-electron chi connectivity index (χ2n) is 7.74. The van der Waals surface area contributed by atoms with Crippen molar-refractivity contribution in [1.29, 1.82) is 0 Å². The highest BCUT2D eigenvalue weighted by Gasteiger charge is 2.18. The van der Waals surface area contributed by atoms with E-state index in [-0.39, 0.29) is 28.5 Å². The van der Waals surface area contributed by atoms with Crippen molar-refractivity contribution in [2.45, 2.75) is 13.0 Å². The van der Waals surface area contributed by atoms with Gasteiger partial charge in [-0.15, -0.1) is 0 Å². The number of carbonyl (C=O) groups excluding carboxylic acids is 2. The van der Waals surface area contributed by atoms with Gasteiger partial charge >= 0.3 is 11.6 Å². The zero-order valence-electron chi connectivity index (χ0n) is 19.4. The highest BCUT2D eigenvalue weighted by atomic mass is 16.5. The van der Waals surface area contributed by atoms with Gasteiger partial charge in [0.05, 0.1) is 25.8 Å². The van der Waals surface area contributed by atoms with Crippen molar-refractivity contribution in [3.8, 4) is 17.2 Å². The predicted molar refractivity (Wildman–Crippen MR) is 129 cm³/mol. The standard InChI is InChI=1S/C27H23NO7/c1-16(17-7-5-4-6-8-17)28-25(29)23-13-18-9-10-20(15-24(18)35-27(23)31)34-26(30)19-11-21(32-2)14-22(12-19)33-3/h4-16H,1-3H3,(H,28,29). The lowest BCUT2D eigenvalue weighted by molar-refractivity contribution is 0.0733. The molecule has 8 heteroatoms. The van der Waals surface area contributed by atoms with Gasteiger partial charge in [0.25, 0.3) is 5.91 Å². The minimum atomic E-state index is -0.795. The van der Waals surface area contributed by atoms with Crippen LogP contribution in [-0.2, 0) is 0 Å². The Morgan fingerprint density at radius 2 is 1.54 bits per heavy atom. The Bertz CT molecular complexity index is 1420. The molecule has 4 aromatic rings. The van der Waals surface area contributed by atoms with Gasteiger partial charge in [-0.3, -0.25) is 4.79 Å². The molecule has 0 bridgehead atoms. The number of ether oxygens (including phenoxy) is 3. The molecule has 0 saturated carbocycles. The molecule has 1 N–H and O–H groups in total. The summed E-state index contributed by atoms with van der Waals surface area (Å²) in [6, 6.07) is 19.8. The number of benzene rings is 3. The van der Waals surface area contributed by atoms with Crippen molar-refractivity contribution in [3.05, 3.63) is 99.9 Å². The van der Waals surface area contributed by atoms with Crippen molar-refractivity contribution in [2.75, 3.05) is 14.2 Å². The number of carbonyl (C=O) groups is 2. The van der Waals surface area contributed by atoms with E-state index in [9.17, 15) is 14.4 Å². The molecular formula is C27H23NO7. The van der Waals surface area contributed by atoms with Gasteiger partial charge in [-0.2, -0.15) is 0 Å². The molecule has 35 heavy (non-hydrogen) atoms. The molecule has 0 fully saturated rings. The van der Waals surface area contributed by atoms with Gasteiger partial charge in [0.2, 0.25) is 0 Å². The lowest BCUT2D eigenvalue weighted by Crippen LogP contribution is -2.30. The molecule has 1 heterocycles. The van der Waals surface area contributed by atoms with Gasteiger partial charge in [0.15, 0.2) is 0 Å². The van der Waals surface area contributed by atoms with E-state index in [4.69, 9.17) is 18.6 Å². The van der Waals surface area contributed by atoms with E-state index in [1.54, 1.807) is 18.2 Å². The van der Waals surface area contributed by atoms with E-state index >= 15 is 0 Å². The maximum atomic E-state index is 12.7. The topological polar surface area (TPSA) is 104 Å². The zero-order valence-corrected chi connectivity index (χ0v) is 19.4. The smallest absolute Gasteiger partial charge is 0.349 e. The van der Waals surface area contributed by atoms with E-state index in [1.807, 2.05) is 37.3 Å². The first kappa shape index (κ1) is 23.6. The fourth-order valence-corrected chi connectivity index (χ4v) is 3.50. The Morgan fingerprint density at radius 3 is 2.20 bits per heavy atom. The van der Waals surface area contributed by atoms with Crippen LogP contribution >= 0.6 is 0 Å². The van der Waals surface area contributed by atoms with Gasteiger partial charge in [-0.05, 0) is 42.8 Å². The van der Waals surface area contributed by atoms with Crippen LogP contribution in [0, 0.1) is 0 Å². The summed E-state index contributed by atoms with van der Waals surface area (Å²) < 4.78 is 21.1. The largest absolute Gasteiger partial charge is 0.497 e. The summed E-state index contributed by atoms with van der Waals surface area (Å²) in [4.78, 5) is 37.9. The average molecular weight is 473 g/mol. The molecule has 0 spiro atoms. The summed E-state index contributed by atoms with van der Waals surface area (Å²) in [6.07, 6.45) is 0. The zero-order chi connectivity index (χ0) is 24.9. The number of hydrogen-bond donors (Lipinski definition) is 1. The molecule has 4 rings (SSSR count). The van der Waals surface area contributed by atoms with Crippen LogP contribution in [-0.4, -0.2) is 26.1 Å². The molecule has 0 aliphatic heterocycles. The van der Waals surface area contributed by atoms with Crippen LogP contribution in [0.3, 0.4) is 0 Å². The summed E-state index contributed by atoms with van der Waals surface area (Å²) in [5.74, 6) is -0.141. The third-order valence-electron chi connectivity index (χ3n) is 5.40. The van der Waals surface area contributed by atoms with Crippen molar-refractivity contribution >= 4 is 22.8 Å². The molecule has 0 aliphatic rings. The molecule has 1 amide bonds. The molecular weight excluding hydrogens is 450 g/mol. The monoisotopic (exact) mass is 473 g/mol. The first-order chi connectivity index (χ1) is 16.9. The normalized spacial score (nSPS) is 11.5. The highest BCUT2D eigenvalue weighted by molar-refractivity contribution is 5.97. The molecule has 1 aromatic heterocycles. The van der Waals surface area contributed by atoms with E-state index in [0.29, 0.717) is 16.9 Å². The van der Waals surface area contributed by atoms with Gasteiger partial charge < -0.3 is 23.9 Å². The van der Waals surface area contributed by atoms with E-state index in [2.05, 4.69) is 5.32 Å². The summed E-state index contributed by atoms with van der Waals surface area (Å²) in [6.45, 7) is 1.83. The van der Waals surface area contributed by atoms with Crippen molar-refractivity contribution in [3.63, 3.8) is 0 Å². The summed E-state index contributed by atoms with van der Waals surface area (Å²) in [7, 11) is 2.96. The van der Waals surface area contributed by atoms with Crippen LogP contribution in [0.4, 0.5) is 0 Å². The van der Waals surface area contributed by atoms with Crippen LogP contribution < -0.4 is 25.2 Å². The third kappa shape index (κ3) is 5.33.